The van der Waals surface area contributed by atoms with Gasteiger partial charge in [0.15, 0.2) is 0 Å². The maximum atomic E-state index is 13.4. The van der Waals surface area contributed by atoms with Crippen molar-refractivity contribution >= 4 is 17.8 Å². The lowest BCUT2D eigenvalue weighted by Gasteiger charge is -2.35. The van der Waals surface area contributed by atoms with Crippen molar-refractivity contribution in [1.29, 1.82) is 0 Å². The number of fused-ring (bicyclic) bond motifs is 1. The lowest BCUT2D eigenvalue weighted by molar-refractivity contribution is -0.146. The molecule has 34 heavy (non-hydrogen) atoms. The zero-order valence-corrected chi connectivity index (χ0v) is 20.2. The summed E-state index contributed by atoms with van der Waals surface area (Å²) < 4.78 is 0. The van der Waals surface area contributed by atoms with Crippen LogP contribution in [0.1, 0.15) is 85.7 Å². The lowest BCUT2D eigenvalue weighted by Crippen LogP contribution is -2.43. The molecular weight excluding hydrogens is 430 g/mol. The van der Waals surface area contributed by atoms with Crippen molar-refractivity contribution in [3.63, 3.8) is 0 Å². The average molecular weight is 470 g/mol. The quantitative estimate of drug-likeness (QED) is 0.506. The van der Waals surface area contributed by atoms with Crippen LogP contribution in [0.4, 0.5) is 0 Å². The highest BCUT2D eigenvalue weighted by Gasteiger charge is 2.35. The molecule has 7 heteroatoms. The molecule has 0 bridgehead atoms. The molecule has 2 fully saturated rings. The van der Waals surface area contributed by atoms with E-state index in [1.54, 1.807) is 0 Å². The number of aliphatic carboxylic acids is 1. The number of carbonyl (C=O) groups is 3. The van der Waals surface area contributed by atoms with E-state index in [4.69, 9.17) is 0 Å². The van der Waals surface area contributed by atoms with E-state index in [9.17, 15) is 19.5 Å². The molecule has 0 radical (unpaired) electrons. The van der Waals surface area contributed by atoms with Crippen LogP contribution in [-0.2, 0) is 22.6 Å². The minimum Gasteiger partial charge on any atom is -0.481 e. The molecule has 2 heterocycles. The summed E-state index contributed by atoms with van der Waals surface area (Å²) in [6, 6.07) is 5.88. The molecule has 1 saturated heterocycles. The topological polar surface area (TPSA) is 98.7 Å². The second-order valence-electron chi connectivity index (χ2n) is 10.3. The third-order valence-electron chi connectivity index (χ3n) is 7.88. The van der Waals surface area contributed by atoms with Crippen LogP contribution in [0.5, 0.6) is 0 Å². The average Bonchev–Trinajstić information content (AvgIpc) is 2.98. The van der Waals surface area contributed by atoms with E-state index in [-0.39, 0.29) is 24.3 Å². The highest BCUT2D eigenvalue weighted by molar-refractivity contribution is 5.94. The van der Waals surface area contributed by atoms with Crippen molar-refractivity contribution in [2.45, 2.75) is 83.2 Å². The number of nitrogens with zero attached hydrogens (tertiary/aromatic N) is 1. The third kappa shape index (κ3) is 6.38. The number of nitrogens with one attached hydrogen (secondary N) is 2. The largest absolute Gasteiger partial charge is 0.481 e. The second-order valence-corrected chi connectivity index (χ2v) is 10.3. The van der Waals surface area contributed by atoms with E-state index in [2.05, 4.69) is 10.6 Å². The maximum absolute atomic E-state index is 13.4. The van der Waals surface area contributed by atoms with Crippen LogP contribution < -0.4 is 10.6 Å². The van der Waals surface area contributed by atoms with Crippen molar-refractivity contribution in [3.05, 3.63) is 34.9 Å². The van der Waals surface area contributed by atoms with E-state index >= 15 is 0 Å². The Balaban J connectivity index is 1.42. The summed E-state index contributed by atoms with van der Waals surface area (Å²) in [4.78, 5) is 39.6. The molecule has 4 rings (SSSR count). The first kappa shape index (κ1) is 24.7. The van der Waals surface area contributed by atoms with E-state index in [0.29, 0.717) is 25.1 Å². The Morgan fingerprint density at radius 1 is 1.06 bits per heavy atom. The van der Waals surface area contributed by atoms with E-state index in [1.165, 1.54) is 19.3 Å². The molecule has 1 atom stereocenters. The first-order valence-corrected chi connectivity index (χ1v) is 13.1. The van der Waals surface area contributed by atoms with Crippen molar-refractivity contribution < 1.29 is 19.5 Å². The lowest BCUT2D eigenvalue weighted by atomic mass is 9.91. The summed E-state index contributed by atoms with van der Waals surface area (Å²) in [5.41, 5.74) is 2.56. The molecule has 1 aliphatic carbocycles. The van der Waals surface area contributed by atoms with E-state index in [1.807, 2.05) is 23.1 Å². The number of hydrogen-bond donors (Lipinski definition) is 3. The van der Waals surface area contributed by atoms with Crippen LogP contribution in [-0.4, -0.2) is 53.5 Å². The molecular formula is C27H39N3O4. The molecule has 1 unspecified atom stereocenters. The van der Waals surface area contributed by atoms with Gasteiger partial charge in [0.2, 0.25) is 5.91 Å². The molecule has 186 valence electrons. The van der Waals surface area contributed by atoms with Crippen molar-refractivity contribution in [2.75, 3.05) is 19.6 Å². The molecule has 0 aromatic heterocycles. The van der Waals surface area contributed by atoms with Gasteiger partial charge in [0.1, 0.15) is 0 Å². The smallest absolute Gasteiger partial charge is 0.304 e. The van der Waals surface area contributed by atoms with Gasteiger partial charge in [-0.2, -0.15) is 0 Å². The van der Waals surface area contributed by atoms with Crippen LogP contribution in [0.25, 0.3) is 0 Å². The molecule has 2 aliphatic heterocycles. The predicted octanol–water partition coefficient (Wildman–Crippen LogP) is 3.50. The number of amides is 2. The fraction of sp³-hybridized carbons (Fsp3) is 0.667. The van der Waals surface area contributed by atoms with Crippen LogP contribution >= 0.6 is 0 Å². The molecule has 1 aromatic carbocycles. The summed E-state index contributed by atoms with van der Waals surface area (Å²) in [6.07, 6.45) is 10.1. The molecule has 7 nitrogen and oxygen atoms in total. The minimum atomic E-state index is -0.951. The van der Waals surface area contributed by atoms with Crippen LogP contribution in [0.2, 0.25) is 0 Å². The van der Waals surface area contributed by atoms with Gasteiger partial charge in [0, 0.05) is 24.7 Å². The van der Waals surface area contributed by atoms with Gasteiger partial charge >= 0.3 is 5.97 Å². The Kier molecular flexibility index (Phi) is 8.59. The molecule has 1 aromatic rings. The number of carbonyl (C=O) groups excluding carboxylic acids is 2. The van der Waals surface area contributed by atoms with Gasteiger partial charge in [-0.3, -0.25) is 14.4 Å². The summed E-state index contributed by atoms with van der Waals surface area (Å²) >= 11 is 0. The van der Waals surface area contributed by atoms with Crippen molar-refractivity contribution in [2.24, 2.45) is 11.8 Å². The summed E-state index contributed by atoms with van der Waals surface area (Å²) in [5, 5.41) is 15.9. The van der Waals surface area contributed by atoms with Crippen LogP contribution in [0, 0.1) is 11.8 Å². The Labute approximate surface area is 202 Å². The highest BCUT2D eigenvalue weighted by atomic mass is 16.4. The van der Waals surface area contributed by atoms with Gasteiger partial charge in [-0.1, -0.05) is 25.3 Å². The number of benzene rings is 1. The van der Waals surface area contributed by atoms with Crippen LogP contribution in [0.15, 0.2) is 18.2 Å². The molecule has 1 saturated carbocycles. The van der Waals surface area contributed by atoms with Gasteiger partial charge in [0.05, 0.1) is 12.3 Å². The van der Waals surface area contributed by atoms with Crippen molar-refractivity contribution in [3.8, 4) is 0 Å². The normalized spacial score (nSPS) is 22.2. The second kappa shape index (κ2) is 11.8. The number of carboxylic acid groups (broad SMARTS) is 1. The first-order chi connectivity index (χ1) is 16.5. The first-order valence-electron chi connectivity index (χ1n) is 13.1. The summed E-state index contributed by atoms with van der Waals surface area (Å²) in [7, 11) is 0. The predicted molar refractivity (Wildman–Crippen MR) is 130 cm³/mol. The van der Waals surface area contributed by atoms with Gasteiger partial charge in [-0.05, 0) is 87.2 Å². The van der Waals surface area contributed by atoms with Gasteiger partial charge in [0.25, 0.3) is 5.91 Å². The minimum absolute atomic E-state index is 0.0468. The van der Waals surface area contributed by atoms with E-state index < -0.39 is 11.9 Å². The highest BCUT2D eigenvalue weighted by Crippen LogP contribution is 2.31. The summed E-state index contributed by atoms with van der Waals surface area (Å²) in [6.45, 7) is 3.36. The monoisotopic (exact) mass is 469 g/mol. The standard InChI is InChI=1S/C27H39N3O4/c31-25(32)17-23-16-22-15-20(26(33)29-12-4-5-19-10-13-28-14-11-19)8-9-21(22)18-30(27(23)34)24-6-2-1-3-7-24/h8-9,15,19,23-24,28H,1-7,10-14,16-18H2,(H,29,33)(H,31,32). The Morgan fingerprint density at radius 3 is 2.56 bits per heavy atom. The fourth-order valence-corrected chi connectivity index (χ4v) is 5.90. The number of rotatable bonds is 8. The molecule has 3 aliphatic rings. The Hall–Kier alpha value is -2.41. The fourth-order valence-electron chi connectivity index (χ4n) is 5.90. The molecule has 2 amide bonds. The SMILES string of the molecule is O=C(O)CC1Cc2cc(C(=O)NCCCC3CCNCC3)ccc2CN(C2CCCCC2)C1=O. The van der Waals surface area contributed by atoms with Crippen LogP contribution in [0.3, 0.4) is 0 Å². The molecule has 3 N–H and O–H groups in total. The number of piperidine rings is 1. The van der Waals surface area contributed by atoms with Gasteiger partial charge in [-0.15, -0.1) is 0 Å². The number of carboxylic acids is 1. The molecule has 0 spiro atoms. The maximum Gasteiger partial charge on any atom is 0.304 e. The number of hydrogen-bond acceptors (Lipinski definition) is 4. The Bertz CT molecular complexity index is 875. The van der Waals surface area contributed by atoms with E-state index in [0.717, 1.165) is 68.7 Å². The van der Waals surface area contributed by atoms with Gasteiger partial charge < -0.3 is 20.6 Å². The Morgan fingerprint density at radius 2 is 1.82 bits per heavy atom. The zero-order valence-electron chi connectivity index (χ0n) is 20.2. The van der Waals surface area contributed by atoms with Gasteiger partial charge in [-0.25, -0.2) is 0 Å². The zero-order chi connectivity index (χ0) is 23.9. The third-order valence-corrected chi connectivity index (χ3v) is 7.88. The summed E-state index contributed by atoms with van der Waals surface area (Å²) in [5.74, 6) is -0.921. The van der Waals surface area contributed by atoms with Crippen molar-refractivity contribution in [1.82, 2.24) is 15.5 Å².